The van der Waals surface area contributed by atoms with Gasteiger partial charge in [-0.3, -0.25) is 0 Å². The van der Waals surface area contributed by atoms with Crippen molar-refractivity contribution in [2.75, 3.05) is 12.4 Å². The molecule has 1 aromatic heterocycles. The monoisotopic (exact) mass is 252 g/mol. The molecule has 4 heteroatoms. The molecule has 19 heavy (non-hydrogen) atoms. The highest BCUT2D eigenvalue weighted by Gasteiger charge is 2.12. The van der Waals surface area contributed by atoms with Gasteiger partial charge in [0.15, 0.2) is 5.82 Å². The molecule has 0 aliphatic rings. The zero-order chi connectivity index (χ0) is 14.0. The summed E-state index contributed by atoms with van der Waals surface area (Å²) >= 11 is 0. The molecule has 1 heterocycles. The molecule has 2 rings (SSSR count). The van der Waals surface area contributed by atoms with Crippen LogP contribution in [0.3, 0.4) is 0 Å². The molecule has 0 bridgehead atoms. The van der Waals surface area contributed by atoms with Crippen molar-refractivity contribution in [2.24, 2.45) is 0 Å². The summed E-state index contributed by atoms with van der Waals surface area (Å²) in [4.78, 5) is 8.74. The minimum absolute atomic E-state index is 0.452. The van der Waals surface area contributed by atoms with Gasteiger partial charge in [0.2, 0.25) is 0 Å². The van der Waals surface area contributed by atoms with E-state index < -0.39 is 0 Å². The first-order valence-corrected chi connectivity index (χ1v) is 6.10. The van der Waals surface area contributed by atoms with Gasteiger partial charge in [-0.15, -0.1) is 0 Å². The fourth-order valence-corrected chi connectivity index (χ4v) is 2.31. The lowest BCUT2D eigenvalue weighted by Gasteiger charge is -2.11. The Morgan fingerprint density at radius 3 is 2.32 bits per heavy atom. The summed E-state index contributed by atoms with van der Waals surface area (Å²) < 4.78 is 0. The van der Waals surface area contributed by atoms with E-state index in [9.17, 15) is 0 Å². The second kappa shape index (κ2) is 5.07. The Kier molecular flexibility index (Phi) is 3.48. The molecule has 4 nitrogen and oxygen atoms in total. The molecule has 0 atom stereocenters. The highest BCUT2D eigenvalue weighted by atomic mass is 15.0. The number of nitriles is 1. The predicted molar refractivity (Wildman–Crippen MR) is 75.9 cm³/mol. The van der Waals surface area contributed by atoms with Gasteiger partial charge in [-0.1, -0.05) is 17.7 Å². The maximum Gasteiger partial charge on any atom is 0.162 e. The van der Waals surface area contributed by atoms with Crippen molar-refractivity contribution in [3.05, 3.63) is 40.6 Å². The van der Waals surface area contributed by atoms with E-state index in [0.717, 1.165) is 16.7 Å². The highest BCUT2D eigenvalue weighted by molar-refractivity contribution is 5.67. The second-order valence-electron chi connectivity index (χ2n) is 4.59. The molecule has 0 fully saturated rings. The molecule has 96 valence electrons. The molecular formula is C15H16N4. The minimum atomic E-state index is 0.452. The Labute approximate surface area is 113 Å². The van der Waals surface area contributed by atoms with Crippen LogP contribution >= 0.6 is 0 Å². The first-order valence-electron chi connectivity index (χ1n) is 6.10. The Morgan fingerprint density at radius 1 is 1.16 bits per heavy atom. The highest BCUT2D eigenvalue weighted by Crippen LogP contribution is 2.26. The molecule has 0 amide bonds. The Bertz CT molecular complexity index is 645. The average Bonchev–Trinajstić information content (AvgIpc) is 2.37. The summed E-state index contributed by atoms with van der Waals surface area (Å²) in [5.41, 5.74) is 5.00. The molecule has 1 N–H and O–H groups in total. The largest absolute Gasteiger partial charge is 0.372 e. The van der Waals surface area contributed by atoms with E-state index in [2.05, 4.69) is 54.3 Å². The van der Waals surface area contributed by atoms with Crippen LogP contribution in [0.4, 0.5) is 5.82 Å². The van der Waals surface area contributed by atoms with Crippen molar-refractivity contribution in [3.63, 3.8) is 0 Å². The molecule has 0 unspecified atom stereocenters. The number of hydrogen-bond donors (Lipinski definition) is 1. The van der Waals surface area contributed by atoms with Gasteiger partial charge >= 0.3 is 0 Å². The van der Waals surface area contributed by atoms with E-state index in [1.807, 2.05) is 0 Å². The smallest absolute Gasteiger partial charge is 0.162 e. The molecule has 0 spiro atoms. The zero-order valence-electron chi connectivity index (χ0n) is 11.6. The summed E-state index contributed by atoms with van der Waals surface area (Å²) in [6, 6.07) is 6.30. The Morgan fingerprint density at radius 2 is 1.79 bits per heavy atom. The average molecular weight is 252 g/mol. The number of nitrogens with one attached hydrogen (secondary N) is 1. The lowest BCUT2D eigenvalue weighted by molar-refractivity contribution is 1.13. The minimum Gasteiger partial charge on any atom is -0.372 e. The number of aryl methyl sites for hydroxylation is 3. The van der Waals surface area contributed by atoms with E-state index in [-0.39, 0.29) is 0 Å². The van der Waals surface area contributed by atoms with Crippen molar-refractivity contribution >= 4 is 5.82 Å². The molecule has 0 aliphatic carbocycles. The van der Waals surface area contributed by atoms with Gasteiger partial charge in [-0.2, -0.15) is 5.26 Å². The quantitative estimate of drug-likeness (QED) is 0.892. The van der Waals surface area contributed by atoms with E-state index >= 15 is 0 Å². The van der Waals surface area contributed by atoms with Crippen molar-refractivity contribution in [1.82, 2.24) is 9.97 Å². The van der Waals surface area contributed by atoms with E-state index in [1.165, 1.54) is 5.56 Å². The SMILES string of the molecule is CNc1nc(-c2c(C)cc(C)cc2C)ncc1C#N. The van der Waals surface area contributed by atoms with Gasteiger partial charge in [0.25, 0.3) is 0 Å². The molecule has 0 aliphatic heterocycles. The molecule has 0 saturated carbocycles. The maximum absolute atomic E-state index is 8.99. The number of hydrogen-bond acceptors (Lipinski definition) is 4. The van der Waals surface area contributed by atoms with Crippen LogP contribution in [0.2, 0.25) is 0 Å². The van der Waals surface area contributed by atoms with E-state index in [0.29, 0.717) is 17.2 Å². The number of aromatic nitrogens is 2. The molecule has 0 saturated heterocycles. The lowest BCUT2D eigenvalue weighted by atomic mass is 9.99. The van der Waals surface area contributed by atoms with Crippen LogP contribution in [0, 0.1) is 32.1 Å². The summed E-state index contributed by atoms with van der Waals surface area (Å²) in [5, 5.41) is 11.9. The summed E-state index contributed by atoms with van der Waals surface area (Å²) in [6.45, 7) is 6.17. The molecular weight excluding hydrogens is 236 g/mol. The van der Waals surface area contributed by atoms with Crippen LogP contribution in [0.1, 0.15) is 22.3 Å². The summed E-state index contributed by atoms with van der Waals surface area (Å²) in [5.74, 6) is 1.21. The van der Waals surface area contributed by atoms with Crippen LogP contribution in [0.25, 0.3) is 11.4 Å². The number of benzene rings is 1. The van der Waals surface area contributed by atoms with Crippen LogP contribution in [-0.2, 0) is 0 Å². The van der Waals surface area contributed by atoms with Crippen molar-refractivity contribution in [1.29, 1.82) is 5.26 Å². The third-order valence-corrected chi connectivity index (χ3v) is 3.05. The van der Waals surface area contributed by atoms with Gasteiger partial charge in [-0.25, -0.2) is 9.97 Å². The van der Waals surface area contributed by atoms with Gasteiger partial charge in [0, 0.05) is 12.6 Å². The van der Waals surface area contributed by atoms with Crippen LogP contribution in [-0.4, -0.2) is 17.0 Å². The second-order valence-corrected chi connectivity index (χ2v) is 4.59. The molecule has 0 radical (unpaired) electrons. The number of anilines is 1. The van der Waals surface area contributed by atoms with Gasteiger partial charge in [-0.05, 0) is 31.9 Å². The molecule has 1 aromatic carbocycles. The van der Waals surface area contributed by atoms with Gasteiger partial charge in [0.1, 0.15) is 17.5 Å². The first kappa shape index (κ1) is 13.0. The van der Waals surface area contributed by atoms with Crippen LogP contribution in [0.15, 0.2) is 18.3 Å². The molecule has 2 aromatic rings. The van der Waals surface area contributed by atoms with Crippen molar-refractivity contribution < 1.29 is 0 Å². The number of rotatable bonds is 2. The van der Waals surface area contributed by atoms with Crippen LogP contribution in [0.5, 0.6) is 0 Å². The Balaban J connectivity index is 2.64. The first-order chi connectivity index (χ1) is 9.06. The van der Waals surface area contributed by atoms with Crippen LogP contribution < -0.4 is 5.32 Å². The third-order valence-electron chi connectivity index (χ3n) is 3.05. The normalized spacial score (nSPS) is 10.1. The van der Waals surface area contributed by atoms with E-state index in [1.54, 1.807) is 13.2 Å². The summed E-state index contributed by atoms with van der Waals surface area (Å²) in [7, 11) is 1.75. The predicted octanol–water partition coefficient (Wildman–Crippen LogP) is 2.98. The Hall–Kier alpha value is -2.41. The number of nitrogens with zero attached hydrogens (tertiary/aromatic N) is 3. The van der Waals surface area contributed by atoms with E-state index in [4.69, 9.17) is 5.26 Å². The van der Waals surface area contributed by atoms with Gasteiger partial charge in [0.05, 0.1) is 6.20 Å². The zero-order valence-corrected chi connectivity index (χ0v) is 11.6. The fourth-order valence-electron chi connectivity index (χ4n) is 2.31. The fraction of sp³-hybridized carbons (Fsp3) is 0.267. The summed E-state index contributed by atoms with van der Waals surface area (Å²) in [6.07, 6.45) is 1.56. The lowest BCUT2D eigenvalue weighted by Crippen LogP contribution is -2.02. The standard InChI is InChI=1S/C15H16N4/c1-9-5-10(2)13(11(3)6-9)15-18-8-12(7-16)14(17-4)19-15/h5-6,8H,1-4H3,(H,17,18,19). The van der Waals surface area contributed by atoms with Crippen molar-refractivity contribution in [2.45, 2.75) is 20.8 Å². The maximum atomic E-state index is 8.99. The van der Waals surface area contributed by atoms with Crippen molar-refractivity contribution in [3.8, 4) is 17.5 Å². The topological polar surface area (TPSA) is 61.6 Å². The van der Waals surface area contributed by atoms with Gasteiger partial charge < -0.3 is 5.32 Å². The third kappa shape index (κ3) is 2.41.